The third-order valence-corrected chi connectivity index (χ3v) is 2.13. The van der Waals surface area contributed by atoms with Crippen molar-refractivity contribution >= 4 is 17.4 Å². The number of carbonyl (C=O) groups excluding carboxylic acids is 1. The SMILES string of the molecule is Nc1cccc(C(=O)Nc2ccccc2F)n1. The van der Waals surface area contributed by atoms with Crippen molar-refractivity contribution in [3.63, 3.8) is 0 Å². The van der Waals surface area contributed by atoms with Crippen LogP contribution in [-0.2, 0) is 0 Å². The zero-order chi connectivity index (χ0) is 12.3. The quantitative estimate of drug-likeness (QED) is 0.831. The van der Waals surface area contributed by atoms with E-state index in [2.05, 4.69) is 10.3 Å². The molecule has 0 saturated carbocycles. The Balaban J connectivity index is 2.20. The Kier molecular flexibility index (Phi) is 3.00. The summed E-state index contributed by atoms with van der Waals surface area (Å²) < 4.78 is 13.3. The molecule has 0 bridgehead atoms. The number of halogens is 1. The van der Waals surface area contributed by atoms with E-state index >= 15 is 0 Å². The van der Waals surface area contributed by atoms with Gasteiger partial charge in [-0.25, -0.2) is 9.37 Å². The van der Waals surface area contributed by atoms with E-state index in [0.717, 1.165) is 0 Å². The van der Waals surface area contributed by atoms with Crippen molar-refractivity contribution in [1.29, 1.82) is 0 Å². The summed E-state index contributed by atoms with van der Waals surface area (Å²) in [7, 11) is 0. The lowest BCUT2D eigenvalue weighted by molar-refractivity contribution is 0.102. The van der Waals surface area contributed by atoms with Gasteiger partial charge in [0.15, 0.2) is 0 Å². The normalized spacial score (nSPS) is 9.94. The highest BCUT2D eigenvalue weighted by Crippen LogP contribution is 2.13. The van der Waals surface area contributed by atoms with E-state index in [4.69, 9.17) is 5.73 Å². The highest BCUT2D eigenvalue weighted by molar-refractivity contribution is 6.03. The van der Waals surface area contributed by atoms with Crippen molar-refractivity contribution in [1.82, 2.24) is 4.98 Å². The van der Waals surface area contributed by atoms with Crippen LogP contribution in [0.3, 0.4) is 0 Å². The molecule has 0 radical (unpaired) electrons. The Morgan fingerprint density at radius 1 is 1.18 bits per heavy atom. The van der Waals surface area contributed by atoms with Crippen molar-refractivity contribution in [2.24, 2.45) is 0 Å². The van der Waals surface area contributed by atoms with Crippen molar-refractivity contribution in [3.8, 4) is 0 Å². The standard InChI is InChI=1S/C12H10FN3O/c13-8-4-1-2-5-9(8)16-12(17)10-6-3-7-11(14)15-10/h1-7H,(H2,14,15)(H,16,17). The van der Waals surface area contributed by atoms with Gasteiger partial charge in [0.2, 0.25) is 0 Å². The first kappa shape index (κ1) is 11.1. The van der Waals surface area contributed by atoms with Crippen LogP contribution < -0.4 is 11.1 Å². The molecule has 0 aliphatic carbocycles. The third kappa shape index (κ3) is 2.57. The molecule has 0 fully saturated rings. The average molecular weight is 231 g/mol. The Morgan fingerprint density at radius 3 is 2.65 bits per heavy atom. The van der Waals surface area contributed by atoms with Gasteiger partial charge in [-0.05, 0) is 24.3 Å². The topological polar surface area (TPSA) is 68.0 Å². The molecular formula is C12H10FN3O. The van der Waals surface area contributed by atoms with Crippen molar-refractivity contribution < 1.29 is 9.18 Å². The van der Waals surface area contributed by atoms with Gasteiger partial charge in [0.05, 0.1) is 5.69 Å². The molecular weight excluding hydrogens is 221 g/mol. The predicted octanol–water partition coefficient (Wildman–Crippen LogP) is 2.06. The second-order valence-corrected chi connectivity index (χ2v) is 3.38. The molecule has 1 amide bonds. The molecule has 2 rings (SSSR count). The predicted molar refractivity (Wildman–Crippen MR) is 63.0 cm³/mol. The van der Waals surface area contributed by atoms with Crippen LogP contribution in [0.25, 0.3) is 0 Å². The van der Waals surface area contributed by atoms with Gasteiger partial charge in [0.25, 0.3) is 5.91 Å². The summed E-state index contributed by atoms with van der Waals surface area (Å²) in [5.41, 5.74) is 5.71. The Morgan fingerprint density at radius 2 is 1.94 bits per heavy atom. The molecule has 0 atom stereocenters. The van der Waals surface area contributed by atoms with Crippen LogP contribution in [0.15, 0.2) is 42.5 Å². The summed E-state index contributed by atoms with van der Waals surface area (Å²) in [5.74, 6) is -0.752. The summed E-state index contributed by atoms with van der Waals surface area (Å²) in [6.45, 7) is 0. The summed E-state index contributed by atoms with van der Waals surface area (Å²) in [6.07, 6.45) is 0. The Labute approximate surface area is 97.3 Å². The highest BCUT2D eigenvalue weighted by Gasteiger charge is 2.09. The molecule has 1 heterocycles. The number of nitrogens with one attached hydrogen (secondary N) is 1. The molecule has 17 heavy (non-hydrogen) atoms. The number of hydrogen-bond donors (Lipinski definition) is 2. The number of aromatic nitrogens is 1. The lowest BCUT2D eigenvalue weighted by Gasteiger charge is -2.05. The monoisotopic (exact) mass is 231 g/mol. The second kappa shape index (κ2) is 4.61. The van der Waals surface area contributed by atoms with Gasteiger partial charge in [-0.15, -0.1) is 0 Å². The molecule has 0 aliphatic rings. The first-order valence-corrected chi connectivity index (χ1v) is 4.95. The molecule has 1 aromatic carbocycles. The van der Waals surface area contributed by atoms with Crippen LogP contribution in [0.4, 0.5) is 15.9 Å². The van der Waals surface area contributed by atoms with E-state index in [9.17, 15) is 9.18 Å². The van der Waals surface area contributed by atoms with Gasteiger partial charge in [0.1, 0.15) is 17.3 Å². The molecule has 4 nitrogen and oxygen atoms in total. The van der Waals surface area contributed by atoms with Crippen LogP contribution in [0, 0.1) is 5.82 Å². The molecule has 5 heteroatoms. The van der Waals surface area contributed by atoms with E-state index in [1.54, 1.807) is 24.3 Å². The zero-order valence-electron chi connectivity index (χ0n) is 8.85. The number of nitrogens with two attached hydrogens (primary N) is 1. The van der Waals surface area contributed by atoms with Gasteiger partial charge in [-0.2, -0.15) is 0 Å². The maximum atomic E-state index is 13.3. The Bertz CT molecular complexity index is 557. The number of amides is 1. The van der Waals surface area contributed by atoms with Crippen LogP contribution in [0.1, 0.15) is 10.5 Å². The summed E-state index contributed by atoms with van der Waals surface area (Å²) in [4.78, 5) is 15.6. The smallest absolute Gasteiger partial charge is 0.274 e. The molecule has 0 saturated heterocycles. The van der Waals surface area contributed by atoms with E-state index in [1.165, 1.54) is 18.2 Å². The minimum atomic E-state index is -0.498. The zero-order valence-corrected chi connectivity index (χ0v) is 8.85. The number of para-hydroxylation sites is 1. The van der Waals surface area contributed by atoms with Crippen molar-refractivity contribution in [2.75, 3.05) is 11.1 Å². The van der Waals surface area contributed by atoms with Gasteiger partial charge in [-0.3, -0.25) is 4.79 Å². The van der Waals surface area contributed by atoms with E-state index in [0.29, 0.717) is 0 Å². The number of hydrogen-bond acceptors (Lipinski definition) is 3. The number of carbonyl (C=O) groups is 1. The first-order valence-electron chi connectivity index (χ1n) is 4.95. The Hall–Kier alpha value is -2.43. The van der Waals surface area contributed by atoms with E-state index < -0.39 is 11.7 Å². The molecule has 2 aromatic rings. The minimum absolute atomic E-state index is 0.113. The first-order chi connectivity index (χ1) is 8.16. The minimum Gasteiger partial charge on any atom is -0.384 e. The third-order valence-electron chi connectivity index (χ3n) is 2.13. The van der Waals surface area contributed by atoms with Crippen LogP contribution in [-0.4, -0.2) is 10.9 Å². The fraction of sp³-hybridized carbons (Fsp3) is 0. The number of rotatable bonds is 2. The van der Waals surface area contributed by atoms with Crippen LogP contribution in [0.5, 0.6) is 0 Å². The lowest BCUT2D eigenvalue weighted by Crippen LogP contribution is -2.15. The molecule has 0 spiro atoms. The van der Waals surface area contributed by atoms with E-state index in [1.807, 2.05) is 0 Å². The molecule has 0 aliphatic heterocycles. The molecule has 0 unspecified atom stereocenters. The fourth-order valence-electron chi connectivity index (χ4n) is 1.33. The summed E-state index contributed by atoms with van der Waals surface area (Å²) in [6, 6.07) is 10.6. The molecule has 3 N–H and O–H groups in total. The molecule has 1 aromatic heterocycles. The number of benzene rings is 1. The highest BCUT2D eigenvalue weighted by atomic mass is 19.1. The van der Waals surface area contributed by atoms with E-state index in [-0.39, 0.29) is 17.2 Å². The lowest BCUT2D eigenvalue weighted by atomic mass is 10.3. The fourth-order valence-corrected chi connectivity index (χ4v) is 1.33. The van der Waals surface area contributed by atoms with Crippen LogP contribution >= 0.6 is 0 Å². The van der Waals surface area contributed by atoms with Crippen molar-refractivity contribution in [3.05, 3.63) is 54.0 Å². The number of nitrogens with zero attached hydrogens (tertiary/aromatic N) is 1. The number of anilines is 2. The van der Waals surface area contributed by atoms with Crippen molar-refractivity contribution in [2.45, 2.75) is 0 Å². The second-order valence-electron chi connectivity index (χ2n) is 3.38. The number of nitrogen functional groups attached to an aromatic ring is 1. The van der Waals surface area contributed by atoms with Gasteiger partial charge in [0, 0.05) is 0 Å². The maximum Gasteiger partial charge on any atom is 0.274 e. The van der Waals surface area contributed by atoms with Crippen LogP contribution in [0.2, 0.25) is 0 Å². The molecule has 86 valence electrons. The summed E-state index contributed by atoms with van der Waals surface area (Å²) in [5, 5.41) is 2.42. The van der Waals surface area contributed by atoms with Gasteiger partial charge >= 0.3 is 0 Å². The van der Waals surface area contributed by atoms with Gasteiger partial charge < -0.3 is 11.1 Å². The number of pyridine rings is 1. The maximum absolute atomic E-state index is 13.3. The summed E-state index contributed by atoms with van der Waals surface area (Å²) >= 11 is 0. The largest absolute Gasteiger partial charge is 0.384 e. The van der Waals surface area contributed by atoms with Gasteiger partial charge in [-0.1, -0.05) is 18.2 Å². The average Bonchev–Trinajstić information content (AvgIpc) is 2.32.